The van der Waals surface area contributed by atoms with Gasteiger partial charge in [0.2, 0.25) is 5.91 Å². The number of rotatable bonds is 2. The van der Waals surface area contributed by atoms with Crippen molar-refractivity contribution in [2.45, 2.75) is 31.8 Å². The summed E-state index contributed by atoms with van der Waals surface area (Å²) in [4.78, 5) is 11.3. The molecular weight excluding hydrogens is 180 g/mol. The van der Waals surface area contributed by atoms with Gasteiger partial charge in [0.05, 0.1) is 12.6 Å². The molecule has 0 aromatic rings. The van der Waals surface area contributed by atoms with Crippen molar-refractivity contribution in [2.24, 2.45) is 5.92 Å². The van der Waals surface area contributed by atoms with E-state index in [-0.39, 0.29) is 11.9 Å². The van der Waals surface area contributed by atoms with Gasteiger partial charge in [-0.15, -0.1) is 0 Å². The van der Waals surface area contributed by atoms with E-state index in [1.54, 1.807) is 0 Å². The molecule has 4 nitrogen and oxygen atoms in total. The Labute approximate surface area is 84.4 Å². The largest absolute Gasteiger partial charge is 0.381 e. The minimum Gasteiger partial charge on any atom is -0.381 e. The average molecular weight is 198 g/mol. The predicted octanol–water partition coefficient (Wildman–Crippen LogP) is -0.110. The highest BCUT2D eigenvalue weighted by Gasteiger charge is 2.29. The molecule has 0 aromatic carbocycles. The molecule has 0 spiro atoms. The van der Waals surface area contributed by atoms with Gasteiger partial charge in [0.15, 0.2) is 0 Å². The lowest BCUT2D eigenvalue weighted by atomic mass is 9.97. The second kappa shape index (κ2) is 4.28. The summed E-state index contributed by atoms with van der Waals surface area (Å²) < 4.78 is 5.36. The van der Waals surface area contributed by atoms with Gasteiger partial charge < -0.3 is 15.4 Å². The molecule has 1 amide bonds. The van der Waals surface area contributed by atoms with Gasteiger partial charge >= 0.3 is 0 Å². The van der Waals surface area contributed by atoms with Crippen LogP contribution >= 0.6 is 0 Å². The first-order chi connectivity index (χ1) is 6.77. The Morgan fingerprint density at radius 3 is 3.00 bits per heavy atom. The molecule has 80 valence electrons. The van der Waals surface area contributed by atoms with Gasteiger partial charge in [-0.05, 0) is 18.8 Å². The second-order valence-corrected chi connectivity index (χ2v) is 4.25. The van der Waals surface area contributed by atoms with Gasteiger partial charge in [-0.1, -0.05) is 6.92 Å². The summed E-state index contributed by atoms with van der Waals surface area (Å²) in [7, 11) is 0. The number of ether oxygens (including phenoxy) is 1. The highest BCUT2D eigenvalue weighted by molar-refractivity contribution is 5.83. The van der Waals surface area contributed by atoms with Crippen LogP contribution in [0.4, 0.5) is 0 Å². The van der Waals surface area contributed by atoms with Crippen molar-refractivity contribution in [1.82, 2.24) is 10.6 Å². The van der Waals surface area contributed by atoms with Crippen LogP contribution in [0.15, 0.2) is 0 Å². The number of hydrogen-bond donors (Lipinski definition) is 2. The molecule has 4 heteroatoms. The number of carbonyl (C=O) groups is 1. The van der Waals surface area contributed by atoms with Crippen LogP contribution in [-0.4, -0.2) is 37.7 Å². The normalized spacial score (nSPS) is 38.4. The Morgan fingerprint density at radius 1 is 1.50 bits per heavy atom. The van der Waals surface area contributed by atoms with Crippen LogP contribution in [0.5, 0.6) is 0 Å². The fourth-order valence-corrected chi connectivity index (χ4v) is 2.14. The van der Waals surface area contributed by atoms with E-state index in [1.807, 2.05) is 0 Å². The molecule has 0 bridgehead atoms. The van der Waals surface area contributed by atoms with Crippen LogP contribution in [0.2, 0.25) is 0 Å². The summed E-state index contributed by atoms with van der Waals surface area (Å²) in [5.41, 5.74) is 0. The summed E-state index contributed by atoms with van der Waals surface area (Å²) in [6.45, 7) is 4.61. The molecule has 14 heavy (non-hydrogen) atoms. The summed E-state index contributed by atoms with van der Waals surface area (Å²) >= 11 is 0. The van der Waals surface area contributed by atoms with E-state index in [9.17, 15) is 4.79 Å². The van der Waals surface area contributed by atoms with Crippen LogP contribution in [0.1, 0.15) is 19.8 Å². The summed E-state index contributed by atoms with van der Waals surface area (Å²) in [6.07, 6.45) is 1.94. The van der Waals surface area contributed by atoms with Crippen molar-refractivity contribution in [2.75, 3.05) is 19.8 Å². The molecule has 0 aromatic heterocycles. The maximum Gasteiger partial charge on any atom is 0.237 e. The standard InChI is InChI=1S/C10H18N2O2/c1-7-6-14-5-3-8(7)12-9-2-4-11-10(9)13/h7-9,12H,2-6H2,1H3,(H,11,13). The van der Waals surface area contributed by atoms with Crippen molar-refractivity contribution in [3.8, 4) is 0 Å². The topological polar surface area (TPSA) is 50.4 Å². The molecule has 2 rings (SSSR count). The van der Waals surface area contributed by atoms with Crippen LogP contribution in [0, 0.1) is 5.92 Å². The van der Waals surface area contributed by atoms with Crippen molar-refractivity contribution in [1.29, 1.82) is 0 Å². The maximum absolute atomic E-state index is 11.3. The van der Waals surface area contributed by atoms with Crippen LogP contribution in [0.25, 0.3) is 0 Å². The first-order valence-electron chi connectivity index (χ1n) is 5.39. The van der Waals surface area contributed by atoms with E-state index in [0.717, 1.165) is 32.6 Å². The molecule has 2 aliphatic rings. The summed E-state index contributed by atoms with van der Waals surface area (Å²) in [5, 5.41) is 6.27. The third-order valence-electron chi connectivity index (χ3n) is 3.10. The number of amides is 1. The Morgan fingerprint density at radius 2 is 2.36 bits per heavy atom. The first kappa shape index (κ1) is 9.93. The van der Waals surface area contributed by atoms with Gasteiger partial charge in [-0.3, -0.25) is 4.79 Å². The Bertz CT molecular complexity index is 220. The van der Waals surface area contributed by atoms with E-state index in [0.29, 0.717) is 12.0 Å². The molecule has 0 radical (unpaired) electrons. The Kier molecular flexibility index (Phi) is 3.03. The van der Waals surface area contributed by atoms with Gasteiger partial charge in [-0.2, -0.15) is 0 Å². The highest BCUT2D eigenvalue weighted by Crippen LogP contribution is 2.15. The van der Waals surface area contributed by atoms with Crippen molar-refractivity contribution >= 4 is 5.91 Å². The lowest BCUT2D eigenvalue weighted by molar-refractivity contribution is -0.121. The van der Waals surface area contributed by atoms with E-state index in [2.05, 4.69) is 17.6 Å². The zero-order chi connectivity index (χ0) is 9.97. The molecule has 2 saturated heterocycles. The van der Waals surface area contributed by atoms with E-state index >= 15 is 0 Å². The minimum atomic E-state index is 0.0283. The third-order valence-corrected chi connectivity index (χ3v) is 3.10. The zero-order valence-corrected chi connectivity index (χ0v) is 8.58. The third kappa shape index (κ3) is 2.07. The van der Waals surface area contributed by atoms with Gasteiger partial charge in [-0.25, -0.2) is 0 Å². The van der Waals surface area contributed by atoms with Crippen LogP contribution in [0.3, 0.4) is 0 Å². The summed E-state index contributed by atoms with van der Waals surface area (Å²) in [6, 6.07) is 0.471. The molecule has 2 N–H and O–H groups in total. The second-order valence-electron chi connectivity index (χ2n) is 4.25. The lowest BCUT2D eigenvalue weighted by Gasteiger charge is -2.31. The molecule has 3 unspecified atom stereocenters. The van der Waals surface area contributed by atoms with E-state index in [4.69, 9.17) is 4.74 Å². The maximum atomic E-state index is 11.3. The van der Waals surface area contributed by atoms with Gasteiger partial charge in [0.25, 0.3) is 0 Å². The lowest BCUT2D eigenvalue weighted by Crippen LogP contribution is -2.48. The smallest absolute Gasteiger partial charge is 0.237 e. The van der Waals surface area contributed by atoms with E-state index < -0.39 is 0 Å². The summed E-state index contributed by atoms with van der Waals surface area (Å²) in [5.74, 6) is 0.667. The Hall–Kier alpha value is -0.610. The SMILES string of the molecule is CC1COCCC1NC1CCNC1=O. The van der Waals surface area contributed by atoms with Crippen LogP contribution < -0.4 is 10.6 Å². The molecule has 2 fully saturated rings. The zero-order valence-electron chi connectivity index (χ0n) is 8.58. The van der Waals surface area contributed by atoms with Crippen molar-refractivity contribution in [3.63, 3.8) is 0 Å². The first-order valence-corrected chi connectivity index (χ1v) is 5.39. The molecule has 0 saturated carbocycles. The predicted molar refractivity (Wildman–Crippen MR) is 52.9 cm³/mol. The fourth-order valence-electron chi connectivity index (χ4n) is 2.14. The number of hydrogen-bond acceptors (Lipinski definition) is 3. The molecular formula is C10H18N2O2. The average Bonchev–Trinajstić information content (AvgIpc) is 2.56. The van der Waals surface area contributed by atoms with Gasteiger partial charge in [0.1, 0.15) is 0 Å². The monoisotopic (exact) mass is 198 g/mol. The van der Waals surface area contributed by atoms with Crippen molar-refractivity contribution in [3.05, 3.63) is 0 Å². The Balaban J connectivity index is 1.86. The van der Waals surface area contributed by atoms with E-state index in [1.165, 1.54) is 0 Å². The molecule has 0 aliphatic carbocycles. The quantitative estimate of drug-likeness (QED) is 0.651. The number of carbonyl (C=O) groups excluding carboxylic acids is 1. The van der Waals surface area contributed by atoms with Gasteiger partial charge in [0, 0.05) is 19.2 Å². The minimum absolute atomic E-state index is 0.0283. The molecule has 2 aliphatic heterocycles. The van der Waals surface area contributed by atoms with Crippen molar-refractivity contribution < 1.29 is 9.53 Å². The molecule has 3 atom stereocenters. The van der Waals surface area contributed by atoms with Crippen LogP contribution in [-0.2, 0) is 9.53 Å². The highest BCUT2D eigenvalue weighted by atomic mass is 16.5. The number of nitrogens with one attached hydrogen (secondary N) is 2. The molecule has 2 heterocycles. The fraction of sp³-hybridized carbons (Fsp3) is 0.900.